The molecule has 0 aromatic carbocycles. The minimum Gasteiger partial charge on any atom is -0.480 e. The lowest BCUT2D eigenvalue weighted by Gasteiger charge is -2.33. The number of carboxylic acid groups (broad SMARTS) is 1. The molecule has 1 amide bonds. The predicted octanol–water partition coefficient (Wildman–Crippen LogP) is 1.94. The van der Waals surface area contributed by atoms with Crippen molar-refractivity contribution in [1.29, 1.82) is 0 Å². The van der Waals surface area contributed by atoms with Gasteiger partial charge < -0.3 is 15.2 Å². The molecule has 0 heterocycles. The van der Waals surface area contributed by atoms with Gasteiger partial charge in [-0.15, -0.1) is 0 Å². The van der Waals surface area contributed by atoms with Gasteiger partial charge in [0.05, 0.1) is 5.41 Å². The maximum absolute atomic E-state index is 12.7. The summed E-state index contributed by atoms with van der Waals surface area (Å²) >= 11 is 0. The number of carboxylic acids is 1. The van der Waals surface area contributed by atoms with Crippen LogP contribution in [0, 0.1) is 5.41 Å². The van der Waals surface area contributed by atoms with Crippen LogP contribution in [0.3, 0.4) is 0 Å². The third-order valence-corrected chi connectivity index (χ3v) is 2.29. The second kappa shape index (κ2) is 5.74. The van der Waals surface area contributed by atoms with Crippen LogP contribution in [-0.4, -0.2) is 36.0 Å². The smallest absolute Gasteiger partial charge is 0.408 e. The van der Waals surface area contributed by atoms with Gasteiger partial charge in [-0.1, -0.05) is 12.7 Å². The van der Waals surface area contributed by atoms with Crippen LogP contribution < -0.4 is 5.32 Å². The minimum absolute atomic E-state index is 0.232. The number of ether oxygens (including phenoxy) is 1. The summed E-state index contributed by atoms with van der Waals surface area (Å²) in [6.45, 7) is 4.36. The Morgan fingerprint density at radius 1 is 1.44 bits per heavy atom. The van der Waals surface area contributed by atoms with Gasteiger partial charge in [0.25, 0.3) is 0 Å². The zero-order valence-electron chi connectivity index (χ0n) is 9.87. The maximum atomic E-state index is 12.7. The molecule has 0 rings (SSSR count). The van der Waals surface area contributed by atoms with E-state index in [0.29, 0.717) is 13.8 Å². The lowest BCUT2D eigenvalue weighted by atomic mass is 9.83. The van der Waals surface area contributed by atoms with Crippen LogP contribution in [0.4, 0.5) is 18.0 Å². The Labute approximate surface area is 102 Å². The fourth-order valence-electron chi connectivity index (χ4n) is 1.01. The van der Waals surface area contributed by atoms with Crippen molar-refractivity contribution < 1.29 is 32.6 Å². The number of alkyl carbamates (subject to hydrolysis) is 1. The summed E-state index contributed by atoms with van der Waals surface area (Å²) in [6.07, 6.45) is -4.84. The van der Waals surface area contributed by atoms with Crippen LogP contribution in [0.5, 0.6) is 0 Å². The van der Waals surface area contributed by atoms with Crippen molar-refractivity contribution in [2.24, 2.45) is 5.41 Å². The zero-order chi connectivity index (χ0) is 14.6. The maximum Gasteiger partial charge on any atom is 0.408 e. The SMILES string of the molecule is C=CCOC(=O)NC(C(=O)O)C(C)(C)C(F)(F)F. The molecule has 2 N–H and O–H groups in total. The third kappa shape index (κ3) is 3.94. The summed E-state index contributed by atoms with van der Waals surface area (Å²) < 4.78 is 42.4. The topological polar surface area (TPSA) is 75.6 Å². The average Bonchev–Trinajstić information content (AvgIpc) is 2.20. The molecule has 0 radical (unpaired) electrons. The molecule has 18 heavy (non-hydrogen) atoms. The van der Waals surface area contributed by atoms with Crippen molar-refractivity contribution in [3.8, 4) is 0 Å². The number of amides is 1. The molecule has 5 nitrogen and oxygen atoms in total. The van der Waals surface area contributed by atoms with E-state index in [4.69, 9.17) is 5.11 Å². The highest BCUT2D eigenvalue weighted by Gasteiger charge is 2.55. The van der Waals surface area contributed by atoms with Crippen LogP contribution in [0.2, 0.25) is 0 Å². The molecule has 8 heteroatoms. The molecule has 0 saturated heterocycles. The molecule has 0 aliphatic heterocycles. The molecule has 0 aromatic rings. The van der Waals surface area contributed by atoms with Crippen LogP contribution in [-0.2, 0) is 9.53 Å². The van der Waals surface area contributed by atoms with E-state index in [1.54, 1.807) is 5.32 Å². The molecule has 0 aliphatic carbocycles. The van der Waals surface area contributed by atoms with Crippen LogP contribution in [0.25, 0.3) is 0 Å². The van der Waals surface area contributed by atoms with E-state index in [-0.39, 0.29) is 6.61 Å². The van der Waals surface area contributed by atoms with Crippen LogP contribution >= 0.6 is 0 Å². The summed E-state index contributed by atoms with van der Waals surface area (Å²) in [5.74, 6) is -1.80. The van der Waals surface area contributed by atoms with Gasteiger partial charge in [-0.2, -0.15) is 13.2 Å². The second-order valence-electron chi connectivity index (χ2n) is 4.02. The Morgan fingerprint density at radius 2 is 1.94 bits per heavy atom. The van der Waals surface area contributed by atoms with Gasteiger partial charge in [-0.05, 0) is 13.8 Å². The van der Waals surface area contributed by atoms with E-state index in [1.165, 1.54) is 6.08 Å². The zero-order valence-corrected chi connectivity index (χ0v) is 9.87. The molecule has 104 valence electrons. The number of rotatable bonds is 5. The Kier molecular flexibility index (Phi) is 5.19. The van der Waals surface area contributed by atoms with E-state index >= 15 is 0 Å². The van der Waals surface area contributed by atoms with Gasteiger partial charge in [-0.25, -0.2) is 9.59 Å². The van der Waals surface area contributed by atoms with E-state index < -0.39 is 29.7 Å². The van der Waals surface area contributed by atoms with E-state index in [9.17, 15) is 22.8 Å². The van der Waals surface area contributed by atoms with E-state index in [2.05, 4.69) is 11.3 Å². The number of hydrogen-bond donors (Lipinski definition) is 2. The summed E-state index contributed by atoms with van der Waals surface area (Å²) in [6, 6.07) is -2.14. The minimum atomic E-state index is -4.79. The quantitative estimate of drug-likeness (QED) is 0.748. The van der Waals surface area contributed by atoms with Gasteiger partial charge in [0.15, 0.2) is 0 Å². The van der Waals surface area contributed by atoms with Gasteiger partial charge in [0, 0.05) is 0 Å². The van der Waals surface area contributed by atoms with Gasteiger partial charge in [-0.3, -0.25) is 0 Å². The highest BCUT2D eigenvalue weighted by Crippen LogP contribution is 2.40. The average molecular weight is 269 g/mol. The van der Waals surface area contributed by atoms with Crippen molar-refractivity contribution in [2.45, 2.75) is 26.1 Å². The number of alkyl halides is 3. The van der Waals surface area contributed by atoms with Crippen molar-refractivity contribution in [3.63, 3.8) is 0 Å². The molecule has 0 spiro atoms. The molecule has 1 atom stereocenters. The van der Waals surface area contributed by atoms with Gasteiger partial charge in [0.1, 0.15) is 12.6 Å². The monoisotopic (exact) mass is 269 g/mol. The Bertz CT molecular complexity index is 339. The number of nitrogens with one attached hydrogen (secondary N) is 1. The first-order chi connectivity index (χ1) is 8.04. The Hall–Kier alpha value is -1.73. The molecule has 0 saturated carbocycles. The van der Waals surface area contributed by atoms with Crippen molar-refractivity contribution in [1.82, 2.24) is 5.32 Å². The highest BCUT2D eigenvalue weighted by molar-refractivity contribution is 5.80. The molecule has 0 fully saturated rings. The summed E-state index contributed by atoms with van der Waals surface area (Å²) in [7, 11) is 0. The van der Waals surface area contributed by atoms with Gasteiger partial charge >= 0.3 is 18.2 Å². The first kappa shape index (κ1) is 16.3. The standard InChI is InChI=1S/C10H14F3NO4/c1-4-5-18-8(17)14-6(7(15)16)9(2,3)10(11,12)13/h4,6H,1,5H2,2-3H3,(H,14,17)(H,15,16). The number of hydrogen-bond acceptors (Lipinski definition) is 3. The summed E-state index contributed by atoms with van der Waals surface area (Å²) in [5, 5.41) is 10.4. The van der Waals surface area contributed by atoms with E-state index in [1.807, 2.05) is 0 Å². The molecule has 0 aliphatic rings. The van der Waals surface area contributed by atoms with Crippen molar-refractivity contribution in [2.75, 3.05) is 6.61 Å². The van der Waals surface area contributed by atoms with Crippen molar-refractivity contribution >= 4 is 12.1 Å². The molecular formula is C10H14F3NO4. The fourth-order valence-corrected chi connectivity index (χ4v) is 1.01. The third-order valence-electron chi connectivity index (χ3n) is 2.29. The second-order valence-corrected chi connectivity index (χ2v) is 4.02. The predicted molar refractivity (Wildman–Crippen MR) is 55.9 cm³/mol. The molecule has 0 bridgehead atoms. The Balaban J connectivity index is 4.94. The fraction of sp³-hybridized carbons (Fsp3) is 0.600. The molecular weight excluding hydrogens is 255 g/mol. The van der Waals surface area contributed by atoms with Crippen LogP contribution in [0.15, 0.2) is 12.7 Å². The highest BCUT2D eigenvalue weighted by atomic mass is 19.4. The number of carbonyl (C=O) groups excluding carboxylic acids is 1. The van der Waals surface area contributed by atoms with Crippen molar-refractivity contribution in [3.05, 3.63) is 12.7 Å². The number of carbonyl (C=O) groups is 2. The summed E-state index contributed by atoms with van der Waals surface area (Å²) in [5.41, 5.74) is -2.63. The lowest BCUT2D eigenvalue weighted by Crippen LogP contribution is -2.56. The normalized spacial score (nSPS) is 13.6. The number of aliphatic carboxylic acids is 1. The first-order valence-electron chi connectivity index (χ1n) is 4.87. The number of halogens is 3. The van der Waals surface area contributed by atoms with Crippen LogP contribution in [0.1, 0.15) is 13.8 Å². The summed E-state index contributed by atoms with van der Waals surface area (Å²) in [4.78, 5) is 21.9. The lowest BCUT2D eigenvalue weighted by molar-refractivity contribution is -0.223. The Morgan fingerprint density at radius 3 is 2.28 bits per heavy atom. The van der Waals surface area contributed by atoms with Gasteiger partial charge in [0.2, 0.25) is 0 Å². The molecule has 0 aromatic heterocycles. The van der Waals surface area contributed by atoms with E-state index in [0.717, 1.165) is 0 Å². The molecule has 1 unspecified atom stereocenters. The first-order valence-corrected chi connectivity index (χ1v) is 4.87. The largest absolute Gasteiger partial charge is 0.480 e.